The summed E-state index contributed by atoms with van der Waals surface area (Å²) >= 11 is 13.8. The van der Waals surface area contributed by atoms with Gasteiger partial charge in [0.25, 0.3) is 5.91 Å². The number of halogens is 2. The van der Waals surface area contributed by atoms with Gasteiger partial charge in [0.1, 0.15) is 0 Å². The van der Waals surface area contributed by atoms with E-state index in [-0.39, 0.29) is 5.91 Å². The van der Waals surface area contributed by atoms with Gasteiger partial charge >= 0.3 is 0 Å². The summed E-state index contributed by atoms with van der Waals surface area (Å²) in [7, 11) is 4.10. The molecule has 3 rings (SSSR count). The molecule has 0 fully saturated rings. The van der Waals surface area contributed by atoms with E-state index in [9.17, 15) is 4.79 Å². The molecule has 1 amide bonds. The second-order valence-corrected chi connectivity index (χ2v) is 7.85. The molecule has 0 atom stereocenters. The largest absolute Gasteiger partial charge is 0.338 e. The molecule has 2 aromatic carbocycles. The average molecular weight is 395 g/mol. The number of nitrogens with zero attached hydrogens (tertiary/aromatic N) is 2. The average Bonchev–Trinajstić information content (AvgIpc) is 3.00. The Hall–Kier alpha value is -1.66. The number of thiazole rings is 1. The molecular weight excluding hydrogens is 377 g/mol. The number of aromatic nitrogens is 1. The molecule has 0 aliphatic heterocycles. The molecule has 4 nitrogen and oxygen atoms in total. The molecule has 0 radical (unpaired) electrons. The number of hydrogen-bond donors (Lipinski definition) is 1. The van der Waals surface area contributed by atoms with E-state index in [0.717, 1.165) is 16.8 Å². The van der Waals surface area contributed by atoms with Crippen LogP contribution in [0.4, 0.5) is 5.13 Å². The van der Waals surface area contributed by atoms with Crippen molar-refractivity contribution in [3.05, 3.63) is 58.1 Å². The lowest BCUT2D eigenvalue weighted by molar-refractivity contribution is -0.856. The van der Waals surface area contributed by atoms with Crippen LogP contribution in [0.2, 0.25) is 10.0 Å². The van der Waals surface area contributed by atoms with Crippen molar-refractivity contribution in [2.45, 2.75) is 0 Å². The van der Waals surface area contributed by atoms with Crippen molar-refractivity contribution in [2.24, 2.45) is 0 Å². The van der Waals surface area contributed by atoms with E-state index in [2.05, 4.69) is 4.98 Å². The lowest BCUT2D eigenvalue weighted by atomic mass is 10.2. The van der Waals surface area contributed by atoms with Crippen molar-refractivity contribution in [3.63, 3.8) is 0 Å². The van der Waals surface area contributed by atoms with E-state index in [1.807, 2.05) is 38.4 Å². The zero-order valence-corrected chi connectivity index (χ0v) is 16.3. The number of amides is 1. The van der Waals surface area contributed by atoms with E-state index in [0.29, 0.717) is 27.3 Å². The smallest absolute Gasteiger partial charge is 0.261 e. The molecule has 0 unspecified atom stereocenters. The fraction of sp³-hybridized carbons (Fsp3) is 0.222. The maximum Gasteiger partial charge on any atom is 0.261 e. The van der Waals surface area contributed by atoms with Gasteiger partial charge < -0.3 is 4.90 Å². The number of anilines is 1. The number of nitrogens with one attached hydrogen (secondary N) is 1. The molecule has 0 spiro atoms. The van der Waals surface area contributed by atoms with Crippen molar-refractivity contribution in [2.75, 3.05) is 32.1 Å². The first-order chi connectivity index (χ1) is 12.0. The predicted octanol–water partition coefficient (Wildman–Crippen LogP) is 3.39. The highest BCUT2D eigenvalue weighted by molar-refractivity contribution is 7.22. The Kier molecular flexibility index (Phi) is 5.59. The SMILES string of the molecule is C[NH+](C)CCN(C(=O)c1cc(Cl)ccc1Cl)c1nc2ccccc2s1. The minimum atomic E-state index is -0.187. The first-order valence-electron chi connectivity index (χ1n) is 7.87. The molecule has 130 valence electrons. The Labute approximate surface area is 160 Å². The molecule has 0 aliphatic carbocycles. The van der Waals surface area contributed by atoms with Gasteiger partial charge in [0.15, 0.2) is 5.13 Å². The third kappa shape index (κ3) is 4.12. The molecule has 0 bridgehead atoms. The topological polar surface area (TPSA) is 37.6 Å². The summed E-state index contributed by atoms with van der Waals surface area (Å²) in [6, 6.07) is 12.8. The van der Waals surface area contributed by atoms with Crippen LogP contribution in [0.1, 0.15) is 10.4 Å². The van der Waals surface area contributed by atoms with E-state index in [1.165, 1.54) is 16.2 Å². The van der Waals surface area contributed by atoms with Crippen LogP contribution in [0.25, 0.3) is 10.2 Å². The summed E-state index contributed by atoms with van der Waals surface area (Å²) in [6.07, 6.45) is 0. The van der Waals surface area contributed by atoms with Crippen molar-refractivity contribution in [1.82, 2.24) is 4.98 Å². The fourth-order valence-corrected chi connectivity index (χ4v) is 3.76. The lowest BCUT2D eigenvalue weighted by Gasteiger charge is -2.21. The number of fused-ring (bicyclic) bond motifs is 1. The molecule has 1 heterocycles. The van der Waals surface area contributed by atoms with Crippen LogP contribution in [-0.4, -0.2) is 38.1 Å². The highest BCUT2D eigenvalue weighted by atomic mass is 35.5. The number of carbonyl (C=O) groups excluding carboxylic acids is 1. The molecule has 0 saturated heterocycles. The maximum atomic E-state index is 13.1. The molecule has 0 saturated carbocycles. The summed E-state index contributed by atoms with van der Waals surface area (Å²) < 4.78 is 1.05. The second kappa shape index (κ2) is 7.70. The number of para-hydroxylation sites is 1. The quantitative estimate of drug-likeness (QED) is 0.719. The minimum absolute atomic E-state index is 0.187. The van der Waals surface area contributed by atoms with Gasteiger partial charge in [-0.2, -0.15) is 0 Å². The van der Waals surface area contributed by atoms with E-state index >= 15 is 0 Å². The standard InChI is InChI=1S/C18H17Cl2N3OS/c1-22(2)9-10-23(17(24)13-11-12(19)7-8-14(13)20)18-21-15-5-3-4-6-16(15)25-18/h3-8,11H,9-10H2,1-2H3/p+1. The van der Waals surface area contributed by atoms with Crippen LogP contribution in [-0.2, 0) is 0 Å². The van der Waals surface area contributed by atoms with Crippen LogP contribution in [0, 0.1) is 0 Å². The summed E-state index contributed by atoms with van der Waals surface area (Å²) in [6.45, 7) is 1.34. The van der Waals surface area contributed by atoms with Gasteiger partial charge in [0.2, 0.25) is 0 Å². The third-order valence-electron chi connectivity index (χ3n) is 3.75. The van der Waals surface area contributed by atoms with E-state index < -0.39 is 0 Å². The summed E-state index contributed by atoms with van der Waals surface area (Å²) in [5, 5.41) is 1.54. The number of carbonyl (C=O) groups is 1. The molecule has 1 N–H and O–H groups in total. The van der Waals surface area contributed by atoms with Crippen molar-refractivity contribution in [1.29, 1.82) is 0 Å². The van der Waals surface area contributed by atoms with E-state index in [4.69, 9.17) is 23.2 Å². The van der Waals surface area contributed by atoms with Crippen LogP contribution in [0.15, 0.2) is 42.5 Å². The molecule has 1 aromatic heterocycles. The van der Waals surface area contributed by atoms with Gasteiger partial charge in [-0.15, -0.1) is 0 Å². The van der Waals surface area contributed by atoms with Crippen molar-refractivity contribution in [3.8, 4) is 0 Å². The fourth-order valence-electron chi connectivity index (χ4n) is 2.40. The zero-order chi connectivity index (χ0) is 18.0. The predicted molar refractivity (Wildman–Crippen MR) is 105 cm³/mol. The lowest BCUT2D eigenvalue weighted by Crippen LogP contribution is -3.06. The van der Waals surface area contributed by atoms with Gasteiger partial charge in [-0.1, -0.05) is 46.7 Å². The molecule has 0 aliphatic rings. The number of hydrogen-bond acceptors (Lipinski definition) is 3. The number of benzene rings is 2. The normalized spacial score (nSPS) is 11.2. The number of quaternary nitrogens is 1. The molecule has 7 heteroatoms. The highest BCUT2D eigenvalue weighted by Gasteiger charge is 2.24. The van der Waals surface area contributed by atoms with E-state index in [1.54, 1.807) is 23.1 Å². The summed E-state index contributed by atoms with van der Waals surface area (Å²) in [5.41, 5.74) is 1.27. The van der Waals surface area contributed by atoms with Gasteiger partial charge in [-0.05, 0) is 30.3 Å². The van der Waals surface area contributed by atoms with Crippen LogP contribution in [0.3, 0.4) is 0 Å². The van der Waals surface area contributed by atoms with Gasteiger partial charge in [0.05, 0.1) is 48.0 Å². The Bertz CT molecular complexity index is 877. The Morgan fingerprint density at radius 3 is 2.68 bits per heavy atom. The highest BCUT2D eigenvalue weighted by Crippen LogP contribution is 2.31. The Balaban J connectivity index is 2.01. The second-order valence-electron chi connectivity index (χ2n) is 6.00. The monoisotopic (exact) mass is 394 g/mol. The Morgan fingerprint density at radius 1 is 1.20 bits per heavy atom. The van der Waals surface area contributed by atoms with Crippen LogP contribution < -0.4 is 9.80 Å². The van der Waals surface area contributed by atoms with Crippen LogP contribution >= 0.6 is 34.5 Å². The molecule has 3 aromatic rings. The first-order valence-corrected chi connectivity index (χ1v) is 9.44. The third-order valence-corrected chi connectivity index (χ3v) is 5.38. The van der Waals surface area contributed by atoms with Gasteiger partial charge in [-0.3, -0.25) is 9.69 Å². The minimum Gasteiger partial charge on any atom is -0.338 e. The van der Waals surface area contributed by atoms with Crippen LogP contribution in [0.5, 0.6) is 0 Å². The summed E-state index contributed by atoms with van der Waals surface area (Å²) in [4.78, 5) is 20.7. The maximum absolute atomic E-state index is 13.1. The molecular formula is C18H18Cl2N3OS+. The number of rotatable bonds is 5. The first kappa shape index (κ1) is 18.1. The van der Waals surface area contributed by atoms with Crippen molar-refractivity contribution >= 4 is 55.8 Å². The summed E-state index contributed by atoms with van der Waals surface area (Å²) in [5.74, 6) is -0.187. The molecule has 25 heavy (non-hydrogen) atoms. The number of likely N-dealkylation sites (N-methyl/N-ethyl adjacent to an activating group) is 1. The zero-order valence-electron chi connectivity index (χ0n) is 13.9. The van der Waals surface area contributed by atoms with Crippen molar-refractivity contribution < 1.29 is 9.69 Å². The van der Waals surface area contributed by atoms with Gasteiger partial charge in [0, 0.05) is 5.02 Å². The Morgan fingerprint density at radius 2 is 1.96 bits per heavy atom. The van der Waals surface area contributed by atoms with Gasteiger partial charge in [-0.25, -0.2) is 4.98 Å².